The third-order valence-corrected chi connectivity index (χ3v) is 6.65. The molecule has 0 aromatic heterocycles. The Balaban J connectivity index is 1.44. The van der Waals surface area contributed by atoms with Crippen LogP contribution in [0.15, 0.2) is 77.9 Å². The molecule has 0 aliphatic heterocycles. The van der Waals surface area contributed by atoms with Crippen molar-refractivity contribution in [2.45, 2.75) is 26.9 Å². The van der Waals surface area contributed by atoms with Crippen molar-refractivity contribution in [1.82, 2.24) is 5.43 Å². The van der Waals surface area contributed by atoms with E-state index in [1.54, 1.807) is 31.5 Å². The van der Waals surface area contributed by atoms with Crippen molar-refractivity contribution >= 4 is 45.5 Å². The lowest BCUT2D eigenvalue weighted by Crippen LogP contribution is -2.17. The summed E-state index contributed by atoms with van der Waals surface area (Å²) < 4.78 is 24.0. The second-order valence-corrected chi connectivity index (χ2v) is 9.77. The van der Waals surface area contributed by atoms with Crippen molar-refractivity contribution in [1.29, 1.82) is 0 Å². The van der Waals surface area contributed by atoms with E-state index in [9.17, 15) is 4.79 Å². The number of carbonyl (C=O) groups is 1. The van der Waals surface area contributed by atoms with E-state index >= 15 is 0 Å². The monoisotopic (exact) mass is 638 g/mol. The van der Waals surface area contributed by atoms with E-state index in [1.165, 1.54) is 5.39 Å². The minimum absolute atomic E-state index is 0.356. The zero-order valence-corrected chi connectivity index (χ0v) is 24.4. The van der Waals surface area contributed by atoms with E-state index in [1.807, 2.05) is 44.2 Å². The highest BCUT2D eigenvalue weighted by atomic mass is 127. The first-order valence-corrected chi connectivity index (χ1v) is 13.8. The number of ether oxygens (including phenoxy) is 4. The van der Waals surface area contributed by atoms with Crippen LogP contribution in [0.25, 0.3) is 10.8 Å². The maximum atomic E-state index is 12.7. The van der Waals surface area contributed by atoms with Crippen molar-refractivity contribution in [3.05, 3.63) is 93.1 Å². The number of hydrogen-bond acceptors (Lipinski definition) is 6. The smallest absolute Gasteiger partial charge is 0.271 e. The lowest BCUT2D eigenvalue weighted by Gasteiger charge is -2.14. The average Bonchev–Trinajstić information content (AvgIpc) is 2.95. The molecule has 0 unspecified atom stereocenters. The van der Waals surface area contributed by atoms with Crippen LogP contribution in [0.3, 0.4) is 0 Å². The maximum Gasteiger partial charge on any atom is 0.271 e. The SMILES string of the molecule is CCCOc1ccc(C(=O)N/N=C/c2cc(I)c(OCc3cccc4ccccc34)c(OC)c2)cc1OCC. The van der Waals surface area contributed by atoms with Gasteiger partial charge in [-0.05, 0) is 88.2 Å². The second kappa shape index (κ2) is 13.8. The number of hydrazone groups is 1. The molecule has 7 nitrogen and oxygen atoms in total. The van der Waals surface area contributed by atoms with Gasteiger partial charge in [-0.2, -0.15) is 5.10 Å². The van der Waals surface area contributed by atoms with Crippen molar-refractivity contribution in [2.24, 2.45) is 5.10 Å². The van der Waals surface area contributed by atoms with Crippen LogP contribution in [-0.2, 0) is 6.61 Å². The fourth-order valence-electron chi connectivity index (χ4n) is 4.00. The first-order valence-electron chi connectivity index (χ1n) is 12.7. The summed E-state index contributed by atoms with van der Waals surface area (Å²) in [6, 6.07) is 23.2. The van der Waals surface area contributed by atoms with Gasteiger partial charge >= 0.3 is 0 Å². The van der Waals surface area contributed by atoms with Crippen molar-refractivity contribution < 1.29 is 23.7 Å². The van der Waals surface area contributed by atoms with Gasteiger partial charge in [0.1, 0.15) is 6.61 Å². The van der Waals surface area contributed by atoms with Crippen molar-refractivity contribution in [3.8, 4) is 23.0 Å². The van der Waals surface area contributed by atoms with Gasteiger partial charge in [0.25, 0.3) is 5.91 Å². The van der Waals surface area contributed by atoms with E-state index in [-0.39, 0.29) is 5.91 Å². The van der Waals surface area contributed by atoms with Crippen LogP contribution in [0.4, 0.5) is 0 Å². The third-order valence-electron chi connectivity index (χ3n) is 5.85. The summed E-state index contributed by atoms with van der Waals surface area (Å²) in [5.41, 5.74) is 4.85. The lowest BCUT2D eigenvalue weighted by atomic mass is 10.1. The number of methoxy groups -OCH3 is 1. The Hall–Kier alpha value is -3.79. The quantitative estimate of drug-likeness (QED) is 0.103. The standard InChI is InChI=1S/C31H31IN2O5/c1-4-15-38-27-14-13-23(18-28(27)37-5-2)31(35)34-33-19-21-16-26(32)30(29(17-21)36-3)39-20-24-11-8-10-22-9-6-7-12-25(22)24/h6-14,16-19H,4-5,15,20H2,1-3H3,(H,34,35)/b33-19+. The van der Waals surface area contributed by atoms with Gasteiger partial charge in [0.05, 0.1) is 30.1 Å². The highest BCUT2D eigenvalue weighted by Crippen LogP contribution is 2.35. The van der Waals surface area contributed by atoms with Gasteiger partial charge in [-0.3, -0.25) is 4.79 Å². The molecule has 0 saturated carbocycles. The minimum Gasteiger partial charge on any atom is -0.493 e. The van der Waals surface area contributed by atoms with Gasteiger partial charge in [-0.15, -0.1) is 0 Å². The molecule has 4 aromatic carbocycles. The van der Waals surface area contributed by atoms with E-state index in [0.29, 0.717) is 48.4 Å². The summed E-state index contributed by atoms with van der Waals surface area (Å²) in [6.07, 6.45) is 2.45. The van der Waals surface area contributed by atoms with Crippen molar-refractivity contribution in [3.63, 3.8) is 0 Å². The Labute approximate surface area is 242 Å². The van der Waals surface area contributed by atoms with Gasteiger partial charge in [0.15, 0.2) is 23.0 Å². The topological polar surface area (TPSA) is 78.4 Å². The fraction of sp³-hybridized carbons (Fsp3) is 0.226. The first kappa shape index (κ1) is 28.2. The predicted molar refractivity (Wildman–Crippen MR) is 162 cm³/mol. The molecular weight excluding hydrogens is 607 g/mol. The molecule has 0 atom stereocenters. The number of benzene rings is 4. The number of rotatable bonds is 12. The van der Waals surface area contributed by atoms with Gasteiger partial charge in [0, 0.05) is 5.56 Å². The number of nitrogens with one attached hydrogen (secondary N) is 1. The molecule has 1 amide bonds. The molecule has 0 saturated heterocycles. The Morgan fingerprint density at radius 2 is 1.74 bits per heavy atom. The van der Waals surface area contributed by atoms with E-state index in [0.717, 1.165) is 26.5 Å². The summed E-state index contributed by atoms with van der Waals surface area (Å²) in [5.74, 6) is 2.02. The molecule has 4 aromatic rings. The molecule has 0 aliphatic rings. The number of hydrogen-bond donors (Lipinski definition) is 1. The zero-order valence-electron chi connectivity index (χ0n) is 22.2. The van der Waals surface area contributed by atoms with Gasteiger partial charge in [-0.25, -0.2) is 5.43 Å². The summed E-state index contributed by atoms with van der Waals surface area (Å²) in [7, 11) is 1.60. The predicted octanol–water partition coefficient (Wildman–Crippen LogP) is 6.98. The highest BCUT2D eigenvalue weighted by molar-refractivity contribution is 14.1. The molecule has 0 aliphatic carbocycles. The summed E-state index contributed by atoms with van der Waals surface area (Å²) in [4.78, 5) is 12.7. The summed E-state index contributed by atoms with van der Waals surface area (Å²) in [5, 5.41) is 6.47. The summed E-state index contributed by atoms with van der Waals surface area (Å²) >= 11 is 2.21. The Kier molecular flexibility index (Phi) is 10.0. The van der Waals surface area contributed by atoms with Gasteiger partial charge in [-0.1, -0.05) is 49.4 Å². The summed E-state index contributed by atoms with van der Waals surface area (Å²) in [6.45, 7) is 5.36. The molecule has 1 N–H and O–H groups in total. The Morgan fingerprint density at radius 1 is 0.923 bits per heavy atom. The third kappa shape index (κ3) is 7.20. The Morgan fingerprint density at radius 3 is 2.54 bits per heavy atom. The average molecular weight is 639 g/mol. The number of nitrogens with zero attached hydrogens (tertiary/aromatic N) is 1. The number of halogens is 1. The molecule has 0 heterocycles. The van der Waals surface area contributed by atoms with Crippen LogP contribution in [0, 0.1) is 3.57 Å². The van der Waals surface area contributed by atoms with E-state index < -0.39 is 0 Å². The molecule has 0 bridgehead atoms. The molecule has 0 radical (unpaired) electrons. The normalized spacial score (nSPS) is 11.0. The largest absolute Gasteiger partial charge is 0.493 e. The molecule has 8 heteroatoms. The van der Waals surface area contributed by atoms with Crippen LogP contribution in [0.1, 0.15) is 41.8 Å². The molecule has 202 valence electrons. The van der Waals surface area contributed by atoms with Crippen LogP contribution in [0.2, 0.25) is 0 Å². The van der Waals surface area contributed by atoms with Gasteiger partial charge < -0.3 is 18.9 Å². The van der Waals surface area contributed by atoms with Crippen LogP contribution in [-0.4, -0.2) is 32.4 Å². The molecule has 0 fully saturated rings. The number of fused-ring (bicyclic) bond motifs is 1. The highest BCUT2D eigenvalue weighted by Gasteiger charge is 2.14. The minimum atomic E-state index is -0.356. The van der Waals surface area contributed by atoms with E-state index in [2.05, 4.69) is 57.4 Å². The first-order chi connectivity index (χ1) is 19.0. The van der Waals surface area contributed by atoms with E-state index in [4.69, 9.17) is 18.9 Å². The molecule has 0 spiro atoms. The fourth-order valence-corrected chi connectivity index (χ4v) is 4.78. The number of amides is 1. The van der Waals surface area contributed by atoms with Gasteiger partial charge in [0.2, 0.25) is 0 Å². The van der Waals surface area contributed by atoms with Crippen LogP contribution >= 0.6 is 22.6 Å². The molecule has 4 rings (SSSR count). The van der Waals surface area contributed by atoms with Crippen LogP contribution in [0.5, 0.6) is 23.0 Å². The van der Waals surface area contributed by atoms with Crippen LogP contribution < -0.4 is 24.4 Å². The number of carbonyl (C=O) groups excluding carboxylic acids is 1. The molecular formula is C31H31IN2O5. The van der Waals surface area contributed by atoms with Crippen molar-refractivity contribution in [2.75, 3.05) is 20.3 Å². The zero-order chi connectivity index (χ0) is 27.6. The second-order valence-electron chi connectivity index (χ2n) is 8.60. The Bertz CT molecular complexity index is 1470. The molecule has 39 heavy (non-hydrogen) atoms. The maximum absolute atomic E-state index is 12.7. The lowest BCUT2D eigenvalue weighted by molar-refractivity contribution is 0.0954.